The third kappa shape index (κ3) is 4.34. The molecular weight excluding hydrogens is 434 g/mol. The number of phenolic OH excluding ortho intramolecular Hbond substituents is 3. The maximum Gasteiger partial charge on any atom is 0.312 e. The second-order valence-electron chi connectivity index (χ2n) is 7.69. The molecular formula is C23H22ClN3O5. The van der Waals surface area contributed by atoms with E-state index in [4.69, 9.17) is 11.6 Å². The van der Waals surface area contributed by atoms with Crippen LogP contribution in [0.4, 0.5) is 5.69 Å². The Morgan fingerprint density at radius 2 is 1.41 bits per heavy atom. The van der Waals surface area contributed by atoms with Gasteiger partial charge in [-0.15, -0.1) is 0 Å². The molecule has 0 unspecified atom stereocenters. The molecule has 1 aliphatic rings. The lowest BCUT2D eigenvalue weighted by molar-refractivity contribution is -0.386. The molecule has 0 atom stereocenters. The van der Waals surface area contributed by atoms with Crippen molar-refractivity contribution in [2.24, 2.45) is 0 Å². The molecule has 0 amide bonds. The topological polar surface area (TPSA) is 110 Å². The molecule has 1 fully saturated rings. The van der Waals surface area contributed by atoms with Gasteiger partial charge in [0.15, 0.2) is 0 Å². The monoisotopic (exact) mass is 455 g/mol. The van der Waals surface area contributed by atoms with Crippen LogP contribution in [0.25, 0.3) is 0 Å². The summed E-state index contributed by atoms with van der Waals surface area (Å²) in [6.45, 7) is 1.86. The fourth-order valence-electron chi connectivity index (χ4n) is 4.12. The second-order valence-corrected chi connectivity index (χ2v) is 8.13. The highest BCUT2D eigenvalue weighted by molar-refractivity contribution is 6.31. The van der Waals surface area contributed by atoms with E-state index in [1.807, 2.05) is 21.9 Å². The van der Waals surface area contributed by atoms with Crippen molar-refractivity contribution < 1.29 is 20.2 Å². The van der Waals surface area contributed by atoms with Crippen molar-refractivity contribution in [1.29, 1.82) is 0 Å². The van der Waals surface area contributed by atoms with Crippen LogP contribution in [-0.4, -0.2) is 43.1 Å². The van der Waals surface area contributed by atoms with Gasteiger partial charge in [-0.1, -0.05) is 48.0 Å². The molecule has 3 aromatic carbocycles. The van der Waals surface area contributed by atoms with Crippen molar-refractivity contribution in [2.75, 3.05) is 13.1 Å². The number of nitro groups is 1. The Hall–Kier alpha value is -3.33. The van der Waals surface area contributed by atoms with Crippen molar-refractivity contribution in [2.45, 2.75) is 19.3 Å². The SMILES string of the molecule is O=[N+]([O-])c1cc(Cl)cc(C2N(Cc3ccccc3O)CCN2Cc2ccccc2O)c1O. The maximum atomic E-state index is 11.5. The summed E-state index contributed by atoms with van der Waals surface area (Å²) in [4.78, 5) is 14.8. The molecule has 0 spiro atoms. The van der Waals surface area contributed by atoms with E-state index in [0.717, 1.165) is 6.07 Å². The summed E-state index contributed by atoms with van der Waals surface area (Å²) < 4.78 is 0. The van der Waals surface area contributed by atoms with Crippen molar-refractivity contribution >= 4 is 17.3 Å². The number of hydrogen-bond donors (Lipinski definition) is 3. The molecule has 0 saturated carbocycles. The first-order chi connectivity index (χ1) is 15.3. The van der Waals surface area contributed by atoms with Gasteiger partial charge in [0.1, 0.15) is 11.5 Å². The van der Waals surface area contributed by atoms with Gasteiger partial charge in [-0.3, -0.25) is 19.9 Å². The van der Waals surface area contributed by atoms with Gasteiger partial charge in [0.05, 0.1) is 11.1 Å². The Morgan fingerprint density at radius 3 is 1.88 bits per heavy atom. The third-order valence-corrected chi connectivity index (χ3v) is 5.87. The summed E-state index contributed by atoms with van der Waals surface area (Å²) in [5.41, 5.74) is 1.22. The van der Waals surface area contributed by atoms with E-state index >= 15 is 0 Å². The first-order valence-electron chi connectivity index (χ1n) is 10.0. The molecule has 0 radical (unpaired) electrons. The van der Waals surface area contributed by atoms with Crippen LogP contribution in [0, 0.1) is 10.1 Å². The lowest BCUT2D eigenvalue weighted by atomic mass is 10.1. The molecule has 1 saturated heterocycles. The fourth-order valence-corrected chi connectivity index (χ4v) is 4.35. The minimum atomic E-state index is -0.666. The molecule has 3 N–H and O–H groups in total. The smallest absolute Gasteiger partial charge is 0.312 e. The number of aromatic hydroxyl groups is 3. The zero-order valence-corrected chi connectivity index (χ0v) is 17.8. The molecule has 0 bridgehead atoms. The summed E-state index contributed by atoms with van der Waals surface area (Å²) >= 11 is 6.18. The Morgan fingerprint density at radius 1 is 0.906 bits per heavy atom. The van der Waals surface area contributed by atoms with E-state index in [9.17, 15) is 25.4 Å². The van der Waals surface area contributed by atoms with Crippen LogP contribution in [0.15, 0.2) is 60.7 Å². The molecule has 9 heteroatoms. The molecule has 3 aromatic rings. The quantitative estimate of drug-likeness (QED) is 0.373. The highest BCUT2D eigenvalue weighted by atomic mass is 35.5. The van der Waals surface area contributed by atoms with E-state index in [-0.39, 0.29) is 16.5 Å². The Labute approximate surface area is 189 Å². The predicted molar refractivity (Wildman–Crippen MR) is 120 cm³/mol. The number of nitro benzene ring substituents is 1. The first kappa shape index (κ1) is 21.9. The zero-order chi connectivity index (χ0) is 22.8. The normalized spacial score (nSPS) is 15.3. The molecule has 4 rings (SSSR count). The highest BCUT2D eigenvalue weighted by Crippen LogP contribution is 2.43. The van der Waals surface area contributed by atoms with Crippen LogP contribution >= 0.6 is 11.6 Å². The number of hydrogen-bond acceptors (Lipinski definition) is 7. The molecule has 166 valence electrons. The number of phenols is 3. The zero-order valence-electron chi connectivity index (χ0n) is 17.1. The lowest BCUT2D eigenvalue weighted by Crippen LogP contribution is -2.30. The van der Waals surface area contributed by atoms with Gasteiger partial charge in [0.25, 0.3) is 0 Å². The molecule has 0 aromatic heterocycles. The molecule has 32 heavy (non-hydrogen) atoms. The number of benzene rings is 3. The van der Waals surface area contributed by atoms with Gasteiger partial charge >= 0.3 is 5.69 Å². The number of halogens is 1. The van der Waals surface area contributed by atoms with E-state index in [0.29, 0.717) is 42.9 Å². The standard InChI is InChI=1S/C23H22ClN3O5/c24-17-11-18(22(30)19(12-17)27(31)32)23-25(13-15-5-1-3-7-20(15)28)9-10-26(23)14-16-6-2-4-8-21(16)29/h1-8,11-12,23,28-30H,9-10,13-14H2. The fraction of sp³-hybridized carbons (Fsp3) is 0.217. The van der Waals surface area contributed by atoms with Gasteiger partial charge in [0.2, 0.25) is 5.75 Å². The second kappa shape index (κ2) is 9.04. The number of nitrogens with zero attached hydrogens (tertiary/aromatic N) is 3. The summed E-state index contributed by atoms with van der Waals surface area (Å²) in [6.07, 6.45) is -0.563. The van der Waals surface area contributed by atoms with Gasteiger partial charge in [0, 0.05) is 54.0 Å². The summed E-state index contributed by atoms with van der Waals surface area (Å²) in [5.74, 6) is -0.158. The van der Waals surface area contributed by atoms with Crippen LogP contribution in [-0.2, 0) is 13.1 Å². The van der Waals surface area contributed by atoms with E-state index in [1.165, 1.54) is 6.07 Å². The van der Waals surface area contributed by atoms with Crippen LogP contribution in [0.3, 0.4) is 0 Å². The van der Waals surface area contributed by atoms with E-state index < -0.39 is 22.5 Å². The largest absolute Gasteiger partial charge is 0.508 e. The van der Waals surface area contributed by atoms with Crippen molar-refractivity contribution in [3.05, 3.63) is 92.5 Å². The van der Waals surface area contributed by atoms with E-state index in [2.05, 4.69) is 0 Å². The average molecular weight is 456 g/mol. The van der Waals surface area contributed by atoms with Crippen molar-refractivity contribution in [3.8, 4) is 17.2 Å². The Bertz CT molecular complexity index is 1100. The van der Waals surface area contributed by atoms with Crippen LogP contribution < -0.4 is 0 Å². The van der Waals surface area contributed by atoms with Gasteiger partial charge in [-0.25, -0.2) is 0 Å². The van der Waals surface area contributed by atoms with Crippen molar-refractivity contribution in [3.63, 3.8) is 0 Å². The third-order valence-electron chi connectivity index (χ3n) is 5.66. The minimum Gasteiger partial charge on any atom is -0.508 e. The summed E-state index contributed by atoms with van der Waals surface area (Å²) in [7, 11) is 0. The van der Waals surface area contributed by atoms with Gasteiger partial charge in [-0.05, 0) is 18.2 Å². The number of rotatable bonds is 6. The maximum absolute atomic E-state index is 11.5. The molecule has 1 aliphatic heterocycles. The summed E-state index contributed by atoms with van der Waals surface area (Å²) in [5, 5.41) is 42.9. The molecule has 0 aliphatic carbocycles. The van der Waals surface area contributed by atoms with Gasteiger partial charge in [-0.2, -0.15) is 0 Å². The number of para-hydroxylation sites is 2. The molecule has 8 nitrogen and oxygen atoms in total. The molecule has 1 heterocycles. The Kier molecular flexibility index (Phi) is 6.18. The highest BCUT2D eigenvalue weighted by Gasteiger charge is 2.37. The van der Waals surface area contributed by atoms with E-state index in [1.54, 1.807) is 36.4 Å². The average Bonchev–Trinajstić information content (AvgIpc) is 3.14. The minimum absolute atomic E-state index is 0.140. The first-order valence-corrected chi connectivity index (χ1v) is 10.4. The van der Waals surface area contributed by atoms with Crippen LogP contribution in [0.1, 0.15) is 22.9 Å². The predicted octanol–water partition coefficient (Wildman–Crippen LogP) is 4.38. The Balaban J connectivity index is 1.76. The lowest BCUT2D eigenvalue weighted by Gasteiger charge is -2.31. The van der Waals surface area contributed by atoms with Crippen LogP contribution in [0.5, 0.6) is 17.2 Å². The van der Waals surface area contributed by atoms with Crippen LogP contribution in [0.2, 0.25) is 5.02 Å². The van der Waals surface area contributed by atoms with Gasteiger partial charge < -0.3 is 15.3 Å². The summed E-state index contributed by atoms with van der Waals surface area (Å²) in [6, 6.07) is 16.6. The van der Waals surface area contributed by atoms with Crippen molar-refractivity contribution in [1.82, 2.24) is 9.80 Å².